The molecule has 2 N–H and O–H groups in total. The van der Waals surface area contributed by atoms with Gasteiger partial charge in [0, 0.05) is 5.56 Å². The number of hydrogen-bond donors (Lipinski definition) is 1. The molecule has 2 heterocycles. The van der Waals surface area contributed by atoms with Crippen LogP contribution in [0.1, 0.15) is 10.4 Å². The van der Waals surface area contributed by atoms with Crippen LogP contribution < -0.4 is 5.73 Å². The van der Waals surface area contributed by atoms with Crippen molar-refractivity contribution in [2.45, 2.75) is 0 Å². The van der Waals surface area contributed by atoms with E-state index in [4.69, 9.17) is 10.5 Å². The summed E-state index contributed by atoms with van der Waals surface area (Å²) in [5.74, 6) is -0.418. The zero-order valence-electron chi connectivity index (χ0n) is 10.7. The number of hydrogen-bond acceptors (Lipinski definition) is 6. The maximum absolute atomic E-state index is 11.9. The molecule has 0 aliphatic heterocycles. The van der Waals surface area contributed by atoms with Crippen molar-refractivity contribution in [3.63, 3.8) is 0 Å². The van der Waals surface area contributed by atoms with Gasteiger partial charge in [0.15, 0.2) is 10.8 Å². The first-order valence-corrected chi connectivity index (χ1v) is 6.71. The lowest BCUT2D eigenvalue weighted by atomic mass is 10.1. The number of methoxy groups -OCH3 is 1. The molecule has 0 amide bonds. The number of benzene rings is 1. The molecule has 5 nitrogen and oxygen atoms in total. The van der Waals surface area contributed by atoms with Crippen molar-refractivity contribution in [1.82, 2.24) is 9.97 Å². The van der Waals surface area contributed by atoms with Crippen molar-refractivity contribution in [3.8, 4) is 11.3 Å². The van der Waals surface area contributed by atoms with E-state index in [9.17, 15) is 4.79 Å². The molecule has 20 heavy (non-hydrogen) atoms. The first kappa shape index (κ1) is 12.6. The second kappa shape index (κ2) is 4.90. The molecule has 3 rings (SSSR count). The van der Waals surface area contributed by atoms with Gasteiger partial charge in [-0.25, -0.2) is 14.8 Å². The Labute approximate surface area is 119 Å². The number of nitrogens with two attached hydrogens (primary N) is 1. The van der Waals surface area contributed by atoms with E-state index < -0.39 is 5.97 Å². The van der Waals surface area contributed by atoms with Crippen LogP contribution in [-0.2, 0) is 4.74 Å². The van der Waals surface area contributed by atoms with Gasteiger partial charge >= 0.3 is 5.97 Å². The van der Waals surface area contributed by atoms with Crippen LogP contribution in [0, 0.1) is 0 Å². The molecule has 6 heteroatoms. The Balaban J connectivity index is 2.27. The molecule has 0 atom stereocenters. The van der Waals surface area contributed by atoms with Crippen LogP contribution in [0.15, 0.2) is 36.4 Å². The minimum atomic E-state index is -0.418. The van der Waals surface area contributed by atoms with Crippen molar-refractivity contribution in [2.24, 2.45) is 0 Å². The number of thiazole rings is 1. The van der Waals surface area contributed by atoms with Gasteiger partial charge in [-0.1, -0.05) is 41.7 Å². The van der Waals surface area contributed by atoms with Gasteiger partial charge in [0.25, 0.3) is 0 Å². The fraction of sp³-hybridized carbons (Fsp3) is 0.0714. The summed E-state index contributed by atoms with van der Waals surface area (Å²) in [6.07, 6.45) is 0. The summed E-state index contributed by atoms with van der Waals surface area (Å²) in [5, 5.41) is 0.378. The van der Waals surface area contributed by atoms with Crippen molar-refractivity contribution >= 4 is 32.8 Å². The third kappa shape index (κ3) is 2.10. The topological polar surface area (TPSA) is 78.1 Å². The van der Waals surface area contributed by atoms with Gasteiger partial charge in [0.2, 0.25) is 0 Å². The van der Waals surface area contributed by atoms with Crippen LogP contribution in [0.3, 0.4) is 0 Å². The summed E-state index contributed by atoms with van der Waals surface area (Å²) in [6, 6.07) is 11.3. The van der Waals surface area contributed by atoms with E-state index in [0.29, 0.717) is 26.7 Å². The molecule has 0 bridgehead atoms. The Morgan fingerprint density at radius 3 is 2.70 bits per heavy atom. The van der Waals surface area contributed by atoms with E-state index in [1.807, 2.05) is 30.3 Å². The normalized spacial score (nSPS) is 10.7. The number of anilines is 1. The zero-order valence-corrected chi connectivity index (χ0v) is 11.5. The minimum Gasteiger partial charge on any atom is -0.465 e. The molecule has 1 aromatic carbocycles. The Kier molecular flexibility index (Phi) is 3.08. The SMILES string of the molecule is COC(=O)c1cc(-c2ccccc2)nc2nc(N)sc12. The predicted octanol–water partition coefficient (Wildman–Crippen LogP) is 2.73. The summed E-state index contributed by atoms with van der Waals surface area (Å²) >= 11 is 1.23. The minimum absolute atomic E-state index is 0.378. The molecule has 0 radical (unpaired) electrons. The van der Waals surface area contributed by atoms with E-state index in [-0.39, 0.29) is 0 Å². The Morgan fingerprint density at radius 1 is 1.25 bits per heavy atom. The Hall–Kier alpha value is -2.47. The highest BCUT2D eigenvalue weighted by Crippen LogP contribution is 2.30. The van der Waals surface area contributed by atoms with Gasteiger partial charge < -0.3 is 10.5 Å². The standard InChI is InChI=1S/C14H11N3O2S/c1-19-13(18)9-7-10(8-5-3-2-4-6-8)16-12-11(9)20-14(15)17-12/h2-7H,1H3,(H2,15,16,17). The summed E-state index contributed by atoms with van der Waals surface area (Å²) < 4.78 is 5.46. The second-order valence-corrected chi connectivity index (χ2v) is 5.15. The highest BCUT2D eigenvalue weighted by molar-refractivity contribution is 7.22. The number of carbonyl (C=O) groups is 1. The molecule has 0 saturated heterocycles. The quantitative estimate of drug-likeness (QED) is 0.732. The van der Waals surface area contributed by atoms with Crippen LogP contribution in [-0.4, -0.2) is 23.0 Å². The lowest BCUT2D eigenvalue weighted by Crippen LogP contribution is -2.02. The van der Waals surface area contributed by atoms with Crippen LogP contribution in [0.2, 0.25) is 0 Å². The van der Waals surface area contributed by atoms with Gasteiger partial charge in [-0.2, -0.15) is 0 Å². The second-order valence-electron chi connectivity index (χ2n) is 4.12. The van der Waals surface area contributed by atoms with Crippen LogP contribution in [0.5, 0.6) is 0 Å². The maximum atomic E-state index is 11.9. The van der Waals surface area contributed by atoms with Crippen molar-refractivity contribution in [2.75, 3.05) is 12.8 Å². The number of pyridine rings is 1. The first-order chi connectivity index (χ1) is 9.69. The largest absolute Gasteiger partial charge is 0.465 e. The number of esters is 1. The first-order valence-electron chi connectivity index (χ1n) is 5.90. The van der Waals surface area contributed by atoms with Gasteiger partial charge in [0.05, 0.1) is 23.1 Å². The van der Waals surface area contributed by atoms with E-state index in [2.05, 4.69) is 9.97 Å². The van der Waals surface area contributed by atoms with E-state index in [1.54, 1.807) is 6.07 Å². The summed E-state index contributed by atoms with van der Waals surface area (Å²) in [7, 11) is 1.35. The van der Waals surface area contributed by atoms with E-state index in [1.165, 1.54) is 18.4 Å². The molecule has 0 unspecified atom stereocenters. The number of carbonyl (C=O) groups excluding carboxylic acids is 1. The van der Waals surface area contributed by atoms with Crippen LogP contribution >= 0.6 is 11.3 Å². The van der Waals surface area contributed by atoms with Crippen molar-refractivity contribution < 1.29 is 9.53 Å². The van der Waals surface area contributed by atoms with Crippen LogP contribution in [0.25, 0.3) is 21.6 Å². The lowest BCUT2D eigenvalue weighted by molar-refractivity contribution is 0.0603. The smallest absolute Gasteiger partial charge is 0.339 e. The molecular formula is C14H11N3O2S. The average Bonchev–Trinajstić information content (AvgIpc) is 2.86. The Bertz CT molecular complexity index is 784. The predicted molar refractivity (Wildman–Crippen MR) is 78.6 cm³/mol. The summed E-state index contributed by atoms with van der Waals surface area (Å²) in [6.45, 7) is 0. The molecule has 0 saturated carbocycles. The van der Waals surface area contributed by atoms with Crippen molar-refractivity contribution in [1.29, 1.82) is 0 Å². The molecule has 2 aromatic heterocycles. The number of nitrogens with zero attached hydrogens (tertiary/aromatic N) is 2. The zero-order chi connectivity index (χ0) is 14.1. The molecule has 0 aliphatic carbocycles. The van der Waals surface area contributed by atoms with Gasteiger partial charge in [-0.3, -0.25) is 0 Å². The highest BCUT2D eigenvalue weighted by Gasteiger charge is 2.17. The van der Waals surface area contributed by atoms with Gasteiger partial charge in [0.1, 0.15) is 0 Å². The molecular weight excluding hydrogens is 274 g/mol. The van der Waals surface area contributed by atoms with Gasteiger partial charge in [-0.15, -0.1) is 0 Å². The fourth-order valence-electron chi connectivity index (χ4n) is 1.95. The highest BCUT2D eigenvalue weighted by atomic mass is 32.1. The lowest BCUT2D eigenvalue weighted by Gasteiger charge is -2.04. The number of ether oxygens (including phenoxy) is 1. The third-order valence-electron chi connectivity index (χ3n) is 2.85. The van der Waals surface area contributed by atoms with E-state index in [0.717, 1.165) is 5.56 Å². The molecule has 100 valence electrons. The fourth-order valence-corrected chi connectivity index (χ4v) is 2.72. The molecule has 3 aromatic rings. The average molecular weight is 285 g/mol. The number of aromatic nitrogens is 2. The molecule has 0 aliphatic rings. The maximum Gasteiger partial charge on any atom is 0.339 e. The number of nitrogen functional groups attached to an aromatic ring is 1. The Morgan fingerprint density at radius 2 is 2.00 bits per heavy atom. The molecule has 0 spiro atoms. The third-order valence-corrected chi connectivity index (χ3v) is 3.76. The van der Waals surface area contributed by atoms with Gasteiger partial charge in [-0.05, 0) is 6.07 Å². The monoisotopic (exact) mass is 285 g/mol. The molecule has 0 fully saturated rings. The van der Waals surface area contributed by atoms with Crippen LogP contribution in [0.4, 0.5) is 5.13 Å². The van der Waals surface area contributed by atoms with Crippen molar-refractivity contribution in [3.05, 3.63) is 42.0 Å². The summed E-state index contributed by atoms with van der Waals surface area (Å²) in [5.41, 5.74) is 8.19. The number of fused-ring (bicyclic) bond motifs is 1. The number of rotatable bonds is 2. The van der Waals surface area contributed by atoms with E-state index >= 15 is 0 Å². The summed E-state index contributed by atoms with van der Waals surface area (Å²) in [4.78, 5) is 20.5.